The van der Waals surface area contributed by atoms with Crippen LogP contribution in [0.1, 0.15) is 13.8 Å². The van der Waals surface area contributed by atoms with Crippen LogP contribution < -0.4 is 5.01 Å². The summed E-state index contributed by atoms with van der Waals surface area (Å²) < 4.78 is 7.35. The fraction of sp³-hybridized carbons (Fsp3) is 0.286. The smallest absolute Gasteiger partial charge is 0.225 e. The summed E-state index contributed by atoms with van der Waals surface area (Å²) in [7, 11) is -2.02. The molecule has 26 heavy (non-hydrogen) atoms. The van der Waals surface area contributed by atoms with Gasteiger partial charge in [0, 0.05) is 4.11 Å². The van der Waals surface area contributed by atoms with Gasteiger partial charge in [-0.3, -0.25) is 0 Å². The van der Waals surface area contributed by atoms with Crippen molar-refractivity contribution in [2.75, 3.05) is 5.01 Å². The molecular formula is C21H27BrN2OSi. The minimum Gasteiger partial charge on any atom is -0.404 e. The van der Waals surface area contributed by atoms with Crippen LogP contribution in [0, 0.1) is 5.92 Å². The highest BCUT2D eigenvalue weighted by molar-refractivity contribution is 9.12. The van der Waals surface area contributed by atoms with Crippen molar-refractivity contribution in [2.45, 2.75) is 33.0 Å². The van der Waals surface area contributed by atoms with E-state index >= 15 is 0 Å². The summed E-state index contributed by atoms with van der Waals surface area (Å²) in [5.41, 5.74) is 2.03. The summed E-state index contributed by atoms with van der Waals surface area (Å²) in [6, 6.07) is 20.3. The number of hydrogen-bond acceptors (Lipinski definition) is 3. The molecule has 0 spiro atoms. The lowest BCUT2D eigenvalue weighted by Crippen LogP contribution is -2.39. The SMILES string of the molecule is C=C(Br)[Si](C)(C)O[C@H](/C=N/N(c1ccccc1)c1ccccc1)C(C)C. The number of halogens is 1. The van der Waals surface area contributed by atoms with Crippen LogP contribution in [0.4, 0.5) is 11.4 Å². The maximum Gasteiger partial charge on any atom is 0.225 e. The minimum atomic E-state index is -2.02. The third-order valence-corrected chi connectivity index (χ3v) is 9.10. The predicted molar refractivity (Wildman–Crippen MR) is 119 cm³/mol. The molecule has 0 bridgehead atoms. The Morgan fingerprint density at radius 1 is 1.04 bits per heavy atom. The first-order valence-electron chi connectivity index (χ1n) is 8.78. The van der Waals surface area contributed by atoms with Crippen molar-refractivity contribution in [2.24, 2.45) is 11.0 Å². The molecule has 1 atom stereocenters. The standard InChI is InChI=1S/C21H27BrN2OSi/c1-17(2)21(25-26(4,5)18(3)22)16-23-24(19-12-8-6-9-13-19)20-14-10-7-11-15-20/h6-17,21H,3H2,1-2,4-5H3/b23-16+/t21-/m1/s1. The molecule has 0 radical (unpaired) electrons. The van der Waals surface area contributed by atoms with E-state index in [1.54, 1.807) is 0 Å². The summed E-state index contributed by atoms with van der Waals surface area (Å²) in [4.78, 5) is 0. The van der Waals surface area contributed by atoms with Crippen LogP contribution in [-0.4, -0.2) is 20.6 Å². The van der Waals surface area contributed by atoms with Gasteiger partial charge in [0.25, 0.3) is 0 Å². The highest BCUT2D eigenvalue weighted by Crippen LogP contribution is 2.26. The third-order valence-electron chi connectivity index (χ3n) is 4.07. The van der Waals surface area contributed by atoms with Gasteiger partial charge in [-0.2, -0.15) is 5.10 Å². The van der Waals surface area contributed by atoms with Gasteiger partial charge in [-0.05, 0) is 43.3 Å². The topological polar surface area (TPSA) is 24.8 Å². The molecule has 2 aromatic rings. The van der Waals surface area contributed by atoms with Gasteiger partial charge in [-0.15, -0.1) is 0 Å². The van der Waals surface area contributed by atoms with E-state index in [1.807, 2.05) is 47.6 Å². The van der Waals surface area contributed by atoms with Gasteiger partial charge in [-0.25, -0.2) is 5.01 Å². The minimum absolute atomic E-state index is 0.0825. The van der Waals surface area contributed by atoms with Crippen LogP contribution in [0.5, 0.6) is 0 Å². The number of benzene rings is 2. The molecular weight excluding hydrogens is 404 g/mol. The molecule has 3 nitrogen and oxygen atoms in total. The van der Waals surface area contributed by atoms with Gasteiger partial charge in [0.05, 0.1) is 23.7 Å². The second kappa shape index (κ2) is 9.30. The highest BCUT2D eigenvalue weighted by atomic mass is 79.9. The first-order valence-corrected chi connectivity index (χ1v) is 12.5. The van der Waals surface area contributed by atoms with E-state index in [9.17, 15) is 0 Å². The molecule has 0 fully saturated rings. The van der Waals surface area contributed by atoms with Crippen LogP contribution in [0.25, 0.3) is 0 Å². The van der Waals surface area contributed by atoms with Crippen molar-refractivity contribution >= 4 is 41.8 Å². The molecule has 0 saturated carbocycles. The van der Waals surface area contributed by atoms with Gasteiger partial charge in [0.2, 0.25) is 8.32 Å². The second-order valence-electron chi connectivity index (χ2n) is 6.99. The lowest BCUT2D eigenvalue weighted by atomic mass is 10.1. The van der Waals surface area contributed by atoms with Crippen LogP contribution in [-0.2, 0) is 4.43 Å². The summed E-state index contributed by atoms with van der Waals surface area (Å²) >= 11 is 3.51. The van der Waals surface area contributed by atoms with Crippen LogP contribution in [0.15, 0.2) is 76.4 Å². The fourth-order valence-electron chi connectivity index (χ4n) is 2.30. The van der Waals surface area contributed by atoms with Gasteiger partial charge in [-0.1, -0.05) is 72.8 Å². The lowest BCUT2D eigenvalue weighted by Gasteiger charge is -2.29. The zero-order chi connectivity index (χ0) is 19.2. The van der Waals surface area contributed by atoms with Crippen LogP contribution >= 0.6 is 15.9 Å². The first kappa shape index (κ1) is 20.6. The van der Waals surface area contributed by atoms with E-state index in [-0.39, 0.29) is 6.10 Å². The Hall–Kier alpha value is -1.69. The Kier molecular flexibility index (Phi) is 7.38. The average molecular weight is 431 g/mol. The third kappa shape index (κ3) is 5.66. The molecule has 138 valence electrons. The van der Waals surface area contributed by atoms with Crippen molar-refractivity contribution < 1.29 is 4.43 Å². The predicted octanol–water partition coefficient (Wildman–Crippen LogP) is 6.50. The van der Waals surface area contributed by atoms with E-state index in [1.165, 1.54) is 0 Å². The second-order valence-corrected chi connectivity index (χ2v) is 12.5. The Bertz CT molecular complexity index is 693. The molecule has 0 saturated heterocycles. The van der Waals surface area contributed by atoms with Crippen LogP contribution in [0.2, 0.25) is 13.1 Å². The number of para-hydroxylation sites is 2. The Labute approximate surface area is 166 Å². The maximum atomic E-state index is 6.40. The number of anilines is 2. The molecule has 5 heteroatoms. The van der Waals surface area contributed by atoms with Crippen molar-refractivity contribution in [1.29, 1.82) is 0 Å². The van der Waals surface area contributed by atoms with E-state index < -0.39 is 8.32 Å². The van der Waals surface area contributed by atoms with E-state index in [0.717, 1.165) is 15.5 Å². The summed E-state index contributed by atoms with van der Waals surface area (Å²) in [6.45, 7) is 12.6. The molecule has 0 aliphatic carbocycles. The summed E-state index contributed by atoms with van der Waals surface area (Å²) in [6.07, 6.45) is 1.83. The number of hydrazone groups is 1. The van der Waals surface area contributed by atoms with Gasteiger partial charge < -0.3 is 4.43 Å². The van der Waals surface area contributed by atoms with Crippen LogP contribution in [0.3, 0.4) is 0 Å². The van der Waals surface area contributed by atoms with Crippen molar-refractivity contribution in [3.63, 3.8) is 0 Å². The molecule has 0 aromatic heterocycles. The summed E-state index contributed by atoms with van der Waals surface area (Å²) in [5, 5.41) is 6.73. The summed E-state index contributed by atoms with van der Waals surface area (Å²) in [5.74, 6) is 0.311. The fourth-order valence-corrected chi connectivity index (χ4v) is 3.72. The quantitative estimate of drug-likeness (QED) is 0.271. The molecule has 0 N–H and O–H groups in total. The van der Waals surface area contributed by atoms with Gasteiger partial charge >= 0.3 is 0 Å². The van der Waals surface area contributed by atoms with Crippen molar-refractivity contribution in [3.05, 3.63) is 71.3 Å². The Morgan fingerprint density at radius 3 is 1.88 bits per heavy atom. The Morgan fingerprint density at radius 2 is 1.50 bits per heavy atom. The normalized spacial score (nSPS) is 13.2. The number of nitrogens with zero attached hydrogens (tertiary/aromatic N) is 2. The zero-order valence-electron chi connectivity index (χ0n) is 15.9. The van der Waals surface area contributed by atoms with Crippen molar-refractivity contribution in [1.82, 2.24) is 0 Å². The molecule has 0 aliphatic heterocycles. The average Bonchev–Trinajstić information content (AvgIpc) is 2.62. The molecule has 2 rings (SSSR count). The molecule has 0 unspecified atom stereocenters. The lowest BCUT2D eigenvalue weighted by molar-refractivity contribution is 0.214. The van der Waals surface area contributed by atoms with E-state index in [2.05, 4.69) is 73.7 Å². The molecule has 0 heterocycles. The largest absolute Gasteiger partial charge is 0.404 e. The zero-order valence-corrected chi connectivity index (χ0v) is 18.5. The van der Waals surface area contributed by atoms with Gasteiger partial charge in [0.1, 0.15) is 0 Å². The molecule has 0 amide bonds. The van der Waals surface area contributed by atoms with E-state index in [0.29, 0.717) is 5.92 Å². The molecule has 2 aromatic carbocycles. The number of hydrogen-bond donors (Lipinski definition) is 0. The van der Waals surface area contributed by atoms with Crippen molar-refractivity contribution in [3.8, 4) is 0 Å². The highest BCUT2D eigenvalue weighted by Gasteiger charge is 2.29. The van der Waals surface area contributed by atoms with Gasteiger partial charge in [0.15, 0.2) is 0 Å². The first-order chi connectivity index (χ1) is 12.3. The number of rotatable bonds is 8. The molecule has 0 aliphatic rings. The Balaban J connectivity index is 2.32. The van der Waals surface area contributed by atoms with E-state index in [4.69, 9.17) is 9.53 Å². The monoisotopic (exact) mass is 430 g/mol. The maximum absolute atomic E-state index is 6.40.